The van der Waals surface area contributed by atoms with Gasteiger partial charge in [0.25, 0.3) is 0 Å². The Morgan fingerprint density at radius 2 is 1.96 bits per heavy atom. The minimum Gasteiger partial charge on any atom is -0.454 e. The van der Waals surface area contributed by atoms with Crippen molar-refractivity contribution in [3.63, 3.8) is 0 Å². The van der Waals surface area contributed by atoms with Crippen LogP contribution >= 0.6 is 0 Å². The zero-order valence-electron chi connectivity index (χ0n) is 14.9. The summed E-state index contributed by atoms with van der Waals surface area (Å²) in [5.41, 5.74) is 2.55. The van der Waals surface area contributed by atoms with Crippen LogP contribution in [0.5, 0.6) is 11.5 Å². The van der Waals surface area contributed by atoms with Crippen LogP contribution in [-0.2, 0) is 6.54 Å². The number of rotatable bonds is 5. The van der Waals surface area contributed by atoms with Gasteiger partial charge in [-0.15, -0.1) is 0 Å². The number of carbonyl (C=O) groups is 1. The summed E-state index contributed by atoms with van der Waals surface area (Å²) >= 11 is 0. The molecule has 26 heavy (non-hydrogen) atoms. The lowest BCUT2D eigenvalue weighted by Gasteiger charge is -2.28. The van der Waals surface area contributed by atoms with Crippen LogP contribution in [0.25, 0.3) is 0 Å². The average molecular weight is 351 g/mol. The number of nitrogens with zero attached hydrogens (tertiary/aromatic N) is 2. The zero-order chi connectivity index (χ0) is 18.5. The number of amides is 2. The lowest BCUT2D eigenvalue weighted by molar-refractivity contribution is 0.174. The number of nitrogens with one attached hydrogen (secondary N) is 1. The molecule has 3 rings (SSSR count). The van der Waals surface area contributed by atoms with Crippen molar-refractivity contribution in [2.75, 3.05) is 13.3 Å². The van der Waals surface area contributed by atoms with Crippen LogP contribution in [0.2, 0.25) is 0 Å². The third-order valence-corrected chi connectivity index (χ3v) is 4.47. The summed E-state index contributed by atoms with van der Waals surface area (Å²) in [6.07, 6.45) is 0. The topological polar surface area (TPSA) is 74.6 Å². The van der Waals surface area contributed by atoms with Crippen molar-refractivity contribution in [1.29, 1.82) is 5.26 Å². The normalized spacial score (nSPS) is 13.0. The van der Waals surface area contributed by atoms with Gasteiger partial charge in [-0.2, -0.15) is 5.26 Å². The molecule has 0 fully saturated rings. The van der Waals surface area contributed by atoms with Crippen LogP contribution in [0, 0.1) is 11.3 Å². The Hall–Kier alpha value is -3.20. The van der Waals surface area contributed by atoms with Crippen LogP contribution in [0.15, 0.2) is 42.5 Å². The highest BCUT2D eigenvalue weighted by Crippen LogP contribution is 2.32. The minimum atomic E-state index is -0.137. The molecule has 0 aromatic heterocycles. The van der Waals surface area contributed by atoms with E-state index < -0.39 is 0 Å². The number of benzene rings is 2. The van der Waals surface area contributed by atoms with Crippen LogP contribution in [0.1, 0.15) is 36.6 Å². The van der Waals surface area contributed by atoms with Crippen LogP contribution in [0.4, 0.5) is 4.79 Å². The van der Waals surface area contributed by atoms with Crippen molar-refractivity contribution in [2.24, 2.45) is 0 Å². The highest BCUT2D eigenvalue weighted by molar-refractivity contribution is 5.74. The smallest absolute Gasteiger partial charge is 0.318 e. The van der Waals surface area contributed by atoms with Gasteiger partial charge in [0.15, 0.2) is 11.5 Å². The van der Waals surface area contributed by atoms with Gasteiger partial charge in [-0.3, -0.25) is 0 Å². The Morgan fingerprint density at radius 3 is 2.65 bits per heavy atom. The lowest BCUT2D eigenvalue weighted by atomic mass is 10.1. The van der Waals surface area contributed by atoms with Gasteiger partial charge in [-0.05, 0) is 49.2 Å². The third kappa shape index (κ3) is 3.72. The largest absolute Gasteiger partial charge is 0.454 e. The number of ether oxygens (including phenoxy) is 2. The number of fused-ring (bicyclic) bond motifs is 1. The van der Waals surface area contributed by atoms with Crippen LogP contribution < -0.4 is 14.8 Å². The maximum absolute atomic E-state index is 12.6. The fourth-order valence-electron chi connectivity index (χ4n) is 2.94. The predicted molar refractivity (Wildman–Crippen MR) is 96.8 cm³/mol. The molecule has 1 N–H and O–H groups in total. The molecule has 134 valence electrons. The van der Waals surface area contributed by atoms with Gasteiger partial charge < -0.3 is 19.7 Å². The monoisotopic (exact) mass is 351 g/mol. The average Bonchev–Trinajstić information content (AvgIpc) is 3.14. The molecule has 1 heterocycles. The molecule has 0 radical (unpaired) electrons. The number of carbonyl (C=O) groups excluding carboxylic acids is 1. The zero-order valence-corrected chi connectivity index (χ0v) is 14.9. The quantitative estimate of drug-likeness (QED) is 0.893. The van der Waals surface area contributed by atoms with Gasteiger partial charge >= 0.3 is 6.03 Å². The molecule has 1 atom stereocenters. The van der Waals surface area contributed by atoms with E-state index >= 15 is 0 Å². The van der Waals surface area contributed by atoms with E-state index in [1.54, 1.807) is 17.0 Å². The van der Waals surface area contributed by atoms with Crippen LogP contribution in [-0.4, -0.2) is 24.3 Å². The molecule has 2 aromatic rings. The molecule has 2 aromatic carbocycles. The molecule has 1 aliphatic rings. The summed E-state index contributed by atoms with van der Waals surface area (Å²) in [7, 11) is 0. The van der Waals surface area contributed by atoms with Gasteiger partial charge in [0.2, 0.25) is 6.79 Å². The molecule has 6 heteroatoms. The first kappa shape index (κ1) is 17.6. The standard InChI is InChI=1S/C20H21N3O3/c1-3-23(14(2)17-7-4-15(11-21)5-8-17)20(24)22-12-16-6-9-18-19(10-16)26-13-25-18/h4-10,14H,3,12-13H2,1-2H3,(H,22,24). The summed E-state index contributed by atoms with van der Waals surface area (Å²) in [4.78, 5) is 14.4. The Labute approximate surface area is 152 Å². The molecule has 0 saturated heterocycles. The van der Waals surface area contributed by atoms with E-state index in [0.717, 1.165) is 16.9 Å². The first-order chi connectivity index (χ1) is 12.6. The van der Waals surface area contributed by atoms with Gasteiger partial charge in [0.1, 0.15) is 0 Å². The summed E-state index contributed by atoms with van der Waals surface area (Å²) in [6.45, 7) is 5.14. The van der Waals surface area contributed by atoms with E-state index in [4.69, 9.17) is 14.7 Å². The van der Waals surface area contributed by atoms with Crippen molar-refractivity contribution >= 4 is 6.03 Å². The van der Waals surface area contributed by atoms with E-state index in [0.29, 0.717) is 24.4 Å². The van der Waals surface area contributed by atoms with E-state index in [1.165, 1.54) is 0 Å². The minimum absolute atomic E-state index is 0.0931. The number of nitriles is 1. The number of urea groups is 1. The van der Waals surface area contributed by atoms with E-state index in [1.807, 2.05) is 44.2 Å². The Kier molecular flexibility index (Phi) is 5.28. The van der Waals surface area contributed by atoms with E-state index in [2.05, 4.69) is 11.4 Å². The maximum Gasteiger partial charge on any atom is 0.318 e. The molecule has 0 saturated carbocycles. The Balaban J connectivity index is 1.63. The molecule has 2 amide bonds. The number of hydrogen-bond donors (Lipinski definition) is 1. The second kappa shape index (κ2) is 7.79. The highest BCUT2D eigenvalue weighted by Gasteiger charge is 2.20. The Morgan fingerprint density at radius 1 is 1.23 bits per heavy atom. The molecular formula is C20H21N3O3. The second-order valence-electron chi connectivity index (χ2n) is 6.04. The summed E-state index contributed by atoms with van der Waals surface area (Å²) in [6, 6.07) is 14.8. The van der Waals surface area contributed by atoms with Crippen molar-refractivity contribution in [2.45, 2.75) is 26.4 Å². The molecule has 1 unspecified atom stereocenters. The molecule has 1 aliphatic heterocycles. The summed E-state index contributed by atoms with van der Waals surface area (Å²) in [5.74, 6) is 1.43. The first-order valence-corrected chi connectivity index (χ1v) is 8.55. The summed E-state index contributed by atoms with van der Waals surface area (Å²) < 4.78 is 10.7. The molecular weight excluding hydrogens is 330 g/mol. The molecule has 0 bridgehead atoms. The summed E-state index contributed by atoms with van der Waals surface area (Å²) in [5, 5.41) is 11.9. The fraction of sp³-hybridized carbons (Fsp3) is 0.300. The number of hydrogen-bond acceptors (Lipinski definition) is 4. The third-order valence-electron chi connectivity index (χ3n) is 4.47. The highest BCUT2D eigenvalue weighted by atomic mass is 16.7. The maximum atomic E-state index is 12.6. The van der Waals surface area contributed by atoms with Gasteiger partial charge in [-0.25, -0.2) is 4.79 Å². The second-order valence-corrected chi connectivity index (χ2v) is 6.04. The molecule has 0 spiro atoms. The van der Waals surface area contributed by atoms with Gasteiger partial charge in [-0.1, -0.05) is 18.2 Å². The Bertz CT molecular complexity index is 827. The molecule has 6 nitrogen and oxygen atoms in total. The van der Waals surface area contributed by atoms with Gasteiger partial charge in [0.05, 0.1) is 17.7 Å². The van der Waals surface area contributed by atoms with Crippen molar-refractivity contribution in [3.8, 4) is 17.6 Å². The van der Waals surface area contributed by atoms with Crippen LogP contribution in [0.3, 0.4) is 0 Å². The lowest BCUT2D eigenvalue weighted by Crippen LogP contribution is -2.41. The van der Waals surface area contributed by atoms with Crippen molar-refractivity contribution in [3.05, 3.63) is 59.2 Å². The fourth-order valence-corrected chi connectivity index (χ4v) is 2.94. The predicted octanol–water partition coefficient (Wildman–Crippen LogP) is 3.58. The van der Waals surface area contributed by atoms with Crippen molar-refractivity contribution in [1.82, 2.24) is 10.2 Å². The SMILES string of the molecule is CCN(C(=O)NCc1ccc2c(c1)OCO2)C(C)c1ccc(C#N)cc1. The van der Waals surface area contributed by atoms with Crippen molar-refractivity contribution < 1.29 is 14.3 Å². The molecule has 0 aliphatic carbocycles. The van der Waals surface area contributed by atoms with Gasteiger partial charge in [0, 0.05) is 13.1 Å². The van der Waals surface area contributed by atoms with E-state index in [9.17, 15) is 4.79 Å². The first-order valence-electron chi connectivity index (χ1n) is 8.55. The van der Waals surface area contributed by atoms with E-state index in [-0.39, 0.29) is 18.9 Å².